The zero-order valence-corrected chi connectivity index (χ0v) is 21.8. The van der Waals surface area contributed by atoms with Gasteiger partial charge in [-0.1, -0.05) is 60.1 Å². The number of hydrogen-bond acceptors (Lipinski definition) is 5. The molecule has 0 aliphatic carbocycles. The molecule has 1 aliphatic rings. The summed E-state index contributed by atoms with van der Waals surface area (Å²) in [6, 6.07) is 23.6. The smallest absolute Gasteiger partial charge is 0.330 e. The highest BCUT2D eigenvalue weighted by Crippen LogP contribution is 2.42. The number of para-hydroxylation sites is 2. The number of halogens is 1. The van der Waals surface area contributed by atoms with Gasteiger partial charge in [-0.05, 0) is 62.2 Å². The number of carbonyl (C=O) groups excluding carboxylic acids is 2. The molecule has 192 valence electrons. The van der Waals surface area contributed by atoms with E-state index >= 15 is 0 Å². The molecule has 0 saturated carbocycles. The quantitative estimate of drug-likeness (QED) is 0.188. The van der Waals surface area contributed by atoms with Crippen LogP contribution in [0.1, 0.15) is 35.7 Å². The van der Waals surface area contributed by atoms with E-state index in [2.05, 4.69) is 16.3 Å². The van der Waals surface area contributed by atoms with Crippen molar-refractivity contribution in [1.29, 1.82) is 0 Å². The van der Waals surface area contributed by atoms with Crippen molar-refractivity contribution < 1.29 is 14.3 Å². The first-order valence-corrected chi connectivity index (χ1v) is 13.0. The minimum atomic E-state index is -0.322. The third kappa shape index (κ3) is 6.79. The summed E-state index contributed by atoms with van der Waals surface area (Å²) in [5.74, 6) is -0.363. The number of anilines is 3. The Morgan fingerprint density at radius 1 is 0.946 bits per heavy atom. The number of ether oxygens (including phenoxy) is 1. The van der Waals surface area contributed by atoms with Crippen LogP contribution in [0.5, 0.6) is 0 Å². The second kappa shape index (κ2) is 13.1. The van der Waals surface area contributed by atoms with Crippen molar-refractivity contribution in [3.05, 3.63) is 101 Å². The molecule has 6 nitrogen and oxygen atoms in total. The Morgan fingerprint density at radius 3 is 2.43 bits per heavy atom. The normalized spacial score (nSPS) is 12.9. The number of nitrogens with one attached hydrogen (secondary N) is 1. The first kappa shape index (κ1) is 26.5. The molecule has 0 spiro atoms. The lowest BCUT2D eigenvalue weighted by Gasteiger charge is -2.27. The topological polar surface area (TPSA) is 61.9 Å². The summed E-state index contributed by atoms with van der Waals surface area (Å²) < 4.78 is 4.88. The summed E-state index contributed by atoms with van der Waals surface area (Å²) in [5, 5.41) is 3.92. The SMILES string of the molecule is CCOC(=O)/C=C/CNCCCCN1c2cc(Cl)ccc2C(=O)N(Cc2ccccc2)c2ccccc21. The van der Waals surface area contributed by atoms with E-state index in [1.807, 2.05) is 65.6 Å². The van der Waals surface area contributed by atoms with Gasteiger partial charge in [0.1, 0.15) is 0 Å². The van der Waals surface area contributed by atoms with Gasteiger partial charge in [0.25, 0.3) is 5.91 Å². The predicted molar refractivity (Wildman–Crippen MR) is 150 cm³/mol. The molecule has 3 aromatic rings. The van der Waals surface area contributed by atoms with Gasteiger partial charge in [0.15, 0.2) is 0 Å². The van der Waals surface area contributed by atoms with Crippen LogP contribution in [0.2, 0.25) is 5.02 Å². The molecule has 1 N–H and O–H groups in total. The van der Waals surface area contributed by atoms with E-state index in [9.17, 15) is 9.59 Å². The molecule has 7 heteroatoms. The fourth-order valence-corrected chi connectivity index (χ4v) is 4.60. The molecule has 0 unspecified atom stereocenters. The molecule has 1 aliphatic heterocycles. The summed E-state index contributed by atoms with van der Waals surface area (Å²) in [4.78, 5) is 29.3. The molecule has 0 aromatic heterocycles. The summed E-state index contributed by atoms with van der Waals surface area (Å²) in [6.07, 6.45) is 5.06. The van der Waals surface area contributed by atoms with E-state index in [1.54, 1.807) is 19.1 Å². The van der Waals surface area contributed by atoms with Gasteiger partial charge >= 0.3 is 5.97 Å². The van der Waals surface area contributed by atoms with Crippen molar-refractivity contribution in [2.45, 2.75) is 26.3 Å². The van der Waals surface area contributed by atoms with Crippen molar-refractivity contribution in [2.24, 2.45) is 0 Å². The van der Waals surface area contributed by atoms with Crippen LogP contribution in [0.4, 0.5) is 17.1 Å². The zero-order chi connectivity index (χ0) is 26.0. The van der Waals surface area contributed by atoms with E-state index in [0.717, 1.165) is 48.6 Å². The van der Waals surface area contributed by atoms with E-state index < -0.39 is 0 Å². The Bertz CT molecular complexity index is 1250. The molecule has 0 saturated heterocycles. The van der Waals surface area contributed by atoms with E-state index in [1.165, 1.54) is 6.08 Å². The fraction of sp³-hybridized carbons (Fsp3) is 0.267. The van der Waals surface area contributed by atoms with Crippen molar-refractivity contribution in [3.63, 3.8) is 0 Å². The standard InChI is InChI=1S/C30H32ClN3O3/c1-2-37-29(35)15-10-19-32-18-8-9-20-33-26-13-6-7-14-27(26)34(22-23-11-4-3-5-12-23)30(36)25-17-16-24(31)21-28(25)33/h3-7,10-17,21,32H,2,8-9,18-20,22H2,1H3/b15-10+. The molecular formula is C30H32ClN3O3. The molecular weight excluding hydrogens is 486 g/mol. The van der Waals surface area contributed by atoms with Gasteiger partial charge in [-0.3, -0.25) is 4.79 Å². The number of carbonyl (C=O) groups is 2. The van der Waals surface area contributed by atoms with Crippen LogP contribution in [0.15, 0.2) is 84.9 Å². The van der Waals surface area contributed by atoms with Crippen molar-refractivity contribution >= 4 is 40.5 Å². The van der Waals surface area contributed by atoms with Gasteiger partial charge in [0.2, 0.25) is 0 Å². The van der Waals surface area contributed by atoms with E-state index in [-0.39, 0.29) is 11.9 Å². The highest BCUT2D eigenvalue weighted by Gasteiger charge is 2.30. The third-order valence-electron chi connectivity index (χ3n) is 6.16. The van der Waals surface area contributed by atoms with Gasteiger partial charge in [-0.15, -0.1) is 0 Å². The maximum atomic E-state index is 13.8. The maximum Gasteiger partial charge on any atom is 0.330 e. The minimum Gasteiger partial charge on any atom is -0.463 e. The number of nitrogens with zero attached hydrogens (tertiary/aromatic N) is 2. The molecule has 0 fully saturated rings. The lowest BCUT2D eigenvalue weighted by molar-refractivity contribution is -0.137. The average molecular weight is 518 g/mol. The van der Waals surface area contributed by atoms with Crippen LogP contribution >= 0.6 is 11.6 Å². The number of hydrogen-bond donors (Lipinski definition) is 1. The average Bonchev–Trinajstić information content (AvgIpc) is 3.00. The Balaban J connectivity index is 1.51. The summed E-state index contributed by atoms with van der Waals surface area (Å²) in [5.41, 5.74) is 4.39. The third-order valence-corrected chi connectivity index (χ3v) is 6.40. The van der Waals surface area contributed by atoms with Crippen molar-refractivity contribution in [1.82, 2.24) is 5.32 Å². The van der Waals surface area contributed by atoms with E-state index in [0.29, 0.717) is 30.3 Å². The van der Waals surface area contributed by atoms with Gasteiger partial charge in [-0.25, -0.2) is 4.79 Å². The molecule has 3 aromatic carbocycles. The number of fused-ring (bicyclic) bond motifs is 2. The van der Waals surface area contributed by atoms with Crippen molar-refractivity contribution in [3.8, 4) is 0 Å². The number of amides is 1. The highest BCUT2D eigenvalue weighted by atomic mass is 35.5. The molecule has 1 amide bonds. The minimum absolute atomic E-state index is 0.0412. The lowest BCUT2D eigenvalue weighted by Crippen LogP contribution is -2.29. The van der Waals surface area contributed by atoms with E-state index in [4.69, 9.17) is 16.3 Å². The van der Waals surface area contributed by atoms with Crippen LogP contribution in [-0.2, 0) is 16.1 Å². The van der Waals surface area contributed by atoms with Gasteiger partial charge < -0.3 is 19.9 Å². The number of benzene rings is 3. The molecule has 0 bridgehead atoms. The van der Waals surface area contributed by atoms with Gasteiger partial charge in [0.05, 0.1) is 35.8 Å². The van der Waals surface area contributed by atoms with Crippen LogP contribution < -0.4 is 15.1 Å². The Labute approximate surface area is 223 Å². The van der Waals surface area contributed by atoms with Crippen LogP contribution in [0.3, 0.4) is 0 Å². The highest BCUT2D eigenvalue weighted by molar-refractivity contribution is 6.31. The molecule has 37 heavy (non-hydrogen) atoms. The first-order chi connectivity index (χ1) is 18.1. The molecule has 1 heterocycles. The van der Waals surface area contributed by atoms with Crippen LogP contribution in [-0.4, -0.2) is 38.1 Å². The molecule has 0 radical (unpaired) electrons. The van der Waals surface area contributed by atoms with Crippen molar-refractivity contribution in [2.75, 3.05) is 36.0 Å². The predicted octanol–water partition coefficient (Wildman–Crippen LogP) is 6.13. The summed E-state index contributed by atoms with van der Waals surface area (Å²) >= 11 is 6.41. The summed E-state index contributed by atoms with van der Waals surface area (Å²) in [6.45, 7) is 4.79. The van der Waals surface area contributed by atoms with Crippen LogP contribution in [0.25, 0.3) is 0 Å². The summed E-state index contributed by atoms with van der Waals surface area (Å²) in [7, 11) is 0. The fourth-order valence-electron chi connectivity index (χ4n) is 4.43. The maximum absolute atomic E-state index is 13.8. The van der Waals surface area contributed by atoms with Gasteiger partial charge in [0, 0.05) is 24.2 Å². The molecule has 4 rings (SSSR count). The van der Waals surface area contributed by atoms with Gasteiger partial charge in [-0.2, -0.15) is 0 Å². The number of unbranched alkanes of at least 4 members (excludes halogenated alkanes) is 1. The Morgan fingerprint density at radius 2 is 1.68 bits per heavy atom. The largest absolute Gasteiger partial charge is 0.463 e. The second-order valence-electron chi connectivity index (χ2n) is 8.74. The van der Waals surface area contributed by atoms with Crippen LogP contribution in [0, 0.1) is 0 Å². The number of rotatable bonds is 11. The first-order valence-electron chi connectivity index (χ1n) is 12.6. The Hall–Kier alpha value is -3.61. The second-order valence-corrected chi connectivity index (χ2v) is 9.18. The zero-order valence-electron chi connectivity index (χ0n) is 21.0. The molecule has 0 atom stereocenters. The Kier molecular flexibility index (Phi) is 9.35. The number of esters is 1. The lowest BCUT2D eigenvalue weighted by atomic mass is 10.1. The monoisotopic (exact) mass is 517 g/mol.